The summed E-state index contributed by atoms with van der Waals surface area (Å²) in [5.74, 6) is 0.554. The number of nitriles is 1. The zero-order valence-corrected chi connectivity index (χ0v) is 15.6. The molecule has 138 valence electrons. The van der Waals surface area contributed by atoms with E-state index in [1.807, 2.05) is 37.6 Å². The molecule has 7 nitrogen and oxygen atoms in total. The van der Waals surface area contributed by atoms with E-state index in [1.165, 1.54) is 0 Å². The van der Waals surface area contributed by atoms with Gasteiger partial charge in [-0.3, -0.25) is 9.48 Å². The summed E-state index contributed by atoms with van der Waals surface area (Å²) in [5.41, 5.74) is 3.99. The fourth-order valence-electron chi connectivity index (χ4n) is 2.78. The van der Waals surface area contributed by atoms with Crippen LogP contribution in [0.4, 0.5) is 0 Å². The van der Waals surface area contributed by atoms with Gasteiger partial charge in [-0.2, -0.15) is 10.4 Å². The van der Waals surface area contributed by atoms with Gasteiger partial charge in [-0.1, -0.05) is 0 Å². The molecule has 7 heteroatoms. The number of aryl methyl sites for hydroxylation is 2. The van der Waals surface area contributed by atoms with Crippen LogP contribution in [0, 0.1) is 25.2 Å². The molecule has 2 rings (SSSR count). The highest BCUT2D eigenvalue weighted by Gasteiger charge is 2.13. The Labute approximate surface area is 154 Å². The first kappa shape index (κ1) is 19.4. The lowest BCUT2D eigenvalue weighted by Gasteiger charge is -2.08. The predicted octanol–water partition coefficient (Wildman–Crippen LogP) is 2.46. The van der Waals surface area contributed by atoms with Gasteiger partial charge in [0.2, 0.25) is 11.8 Å². The first-order valence-electron chi connectivity index (χ1n) is 8.79. The molecule has 1 N–H and O–H groups in total. The van der Waals surface area contributed by atoms with Gasteiger partial charge in [0.1, 0.15) is 0 Å². The number of hydrogen-bond acceptors (Lipinski definition) is 5. The Bertz CT molecular complexity index is 792. The third-order valence-corrected chi connectivity index (χ3v) is 4.15. The minimum absolute atomic E-state index is 0.0108. The minimum atomic E-state index is -0.0108. The third-order valence-electron chi connectivity index (χ3n) is 4.15. The molecule has 26 heavy (non-hydrogen) atoms. The molecule has 0 saturated carbocycles. The molecule has 2 heterocycles. The molecule has 0 aliphatic heterocycles. The number of nitrogens with one attached hydrogen (secondary N) is 1. The average Bonchev–Trinajstić information content (AvgIpc) is 2.90. The van der Waals surface area contributed by atoms with Crippen molar-refractivity contribution in [1.29, 1.82) is 5.26 Å². The molecule has 0 aromatic carbocycles. The van der Waals surface area contributed by atoms with Gasteiger partial charge in [0.25, 0.3) is 0 Å². The number of carbonyl (C=O) groups excluding carboxylic acids is 1. The summed E-state index contributed by atoms with van der Waals surface area (Å²) in [4.78, 5) is 16.3. The zero-order chi connectivity index (χ0) is 18.9. The maximum Gasteiger partial charge on any atom is 0.220 e. The molecule has 0 aliphatic rings. The smallest absolute Gasteiger partial charge is 0.220 e. The highest BCUT2D eigenvalue weighted by atomic mass is 16.5. The predicted molar refractivity (Wildman–Crippen MR) is 97.5 cm³/mol. The van der Waals surface area contributed by atoms with Gasteiger partial charge in [0, 0.05) is 30.9 Å². The van der Waals surface area contributed by atoms with Crippen LogP contribution >= 0.6 is 0 Å². The molecule has 0 unspecified atom stereocenters. The van der Waals surface area contributed by atoms with Crippen molar-refractivity contribution in [3.63, 3.8) is 0 Å². The molecule has 0 saturated heterocycles. The van der Waals surface area contributed by atoms with Crippen LogP contribution in [-0.2, 0) is 24.3 Å². The normalized spacial score (nSPS) is 10.4. The first-order valence-corrected chi connectivity index (χ1v) is 8.79. The molecule has 0 aliphatic carbocycles. The van der Waals surface area contributed by atoms with Crippen molar-refractivity contribution in [3.8, 4) is 11.9 Å². The van der Waals surface area contributed by atoms with Gasteiger partial charge in [-0.15, -0.1) is 0 Å². The van der Waals surface area contributed by atoms with Crippen molar-refractivity contribution in [2.45, 2.75) is 53.1 Å². The van der Waals surface area contributed by atoms with Crippen LogP contribution in [0.25, 0.3) is 0 Å². The minimum Gasteiger partial charge on any atom is -0.478 e. The van der Waals surface area contributed by atoms with E-state index in [4.69, 9.17) is 10.00 Å². The van der Waals surface area contributed by atoms with E-state index < -0.39 is 0 Å². The van der Waals surface area contributed by atoms with Gasteiger partial charge < -0.3 is 10.1 Å². The van der Waals surface area contributed by atoms with Crippen LogP contribution < -0.4 is 10.1 Å². The Kier molecular flexibility index (Phi) is 7.15. The number of ether oxygens (including phenoxy) is 1. The van der Waals surface area contributed by atoms with E-state index in [0.717, 1.165) is 22.5 Å². The highest BCUT2D eigenvalue weighted by molar-refractivity contribution is 5.76. The lowest BCUT2D eigenvalue weighted by atomic mass is 10.1. The summed E-state index contributed by atoms with van der Waals surface area (Å²) < 4.78 is 7.21. The first-order chi connectivity index (χ1) is 12.5. The second-order valence-corrected chi connectivity index (χ2v) is 5.99. The van der Waals surface area contributed by atoms with Crippen molar-refractivity contribution < 1.29 is 9.53 Å². The van der Waals surface area contributed by atoms with Crippen molar-refractivity contribution in [3.05, 3.63) is 40.8 Å². The van der Waals surface area contributed by atoms with E-state index in [0.29, 0.717) is 44.8 Å². The van der Waals surface area contributed by atoms with Crippen molar-refractivity contribution in [1.82, 2.24) is 20.1 Å². The van der Waals surface area contributed by atoms with Crippen molar-refractivity contribution >= 4 is 5.91 Å². The van der Waals surface area contributed by atoms with Crippen LogP contribution in [0.1, 0.15) is 42.3 Å². The van der Waals surface area contributed by atoms with E-state index >= 15 is 0 Å². The molecule has 0 atom stereocenters. The Hall–Kier alpha value is -2.88. The number of carbonyl (C=O) groups is 1. The molecule has 0 spiro atoms. The Morgan fingerprint density at radius 2 is 2.23 bits per heavy atom. The second kappa shape index (κ2) is 9.56. The average molecular weight is 355 g/mol. The fourth-order valence-corrected chi connectivity index (χ4v) is 2.78. The quantitative estimate of drug-likeness (QED) is 0.746. The van der Waals surface area contributed by atoms with Crippen LogP contribution in [0.15, 0.2) is 18.3 Å². The van der Waals surface area contributed by atoms with Crippen molar-refractivity contribution in [2.75, 3.05) is 6.61 Å². The standard InChI is InChI=1S/C19H25N5O2/c1-4-26-19-12-16(8-10-21-19)13-22-18(25)7-6-17-14(2)23-24(15(17)3)11-5-9-20/h8,10,12H,4-7,11,13H2,1-3H3,(H,22,25). The number of aromatic nitrogens is 3. The molecular weight excluding hydrogens is 330 g/mol. The van der Waals surface area contributed by atoms with Gasteiger partial charge >= 0.3 is 0 Å². The maximum atomic E-state index is 12.2. The maximum absolute atomic E-state index is 12.2. The van der Waals surface area contributed by atoms with Gasteiger partial charge in [-0.05, 0) is 44.4 Å². The Morgan fingerprint density at radius 1 is 1.42 bits per heavy atom. The zero-order valence-electron chi connectivity index (χ0n) is 15.6. The lowest BCUT2D eigenvalue weighted by molar-refractivity contribution is -0.121. The number of nitrogens with zero attached hydrogens (tertiary/aromatic N) is 4. The molecule has 2 aromatic heterocycles. The van der Waals surface area contributed by atoms with E-state index in [2.05, 4.69) is 21.5 Å². The molecule has 0 radical (unpaired) electrons. The van der Waals surface area contributed by atoms with E-state index in [1.54, 1.807) is 6.20 Å². The van der Waals surface area contributed by atoms with Gasteiger partial charge in [0.05, 0.1) is 31.3 Å². The number of pyridine rings is 1. The topological polar surface area (TPSA) is 92.8 Å². The number of rotatable bonds is 9. The molecule has 0 bridgehead atoms. The van der Waals surface area contributed by atoms with Gasteiger partial charge in [-0.25, -0.2) is 4.98 Å². The molecule has 2 aromatic rings. The molecule has 0 fully saturated rings. The summed E-state index contributed by atoms with van der Waals surface area (Å²) in [5, 5.41) is 16.1. The number of hydrogen-bond donors (Lipinski definition) is 1. The van der Waals surface area contributed by atoms with Crippen molar-refractivity contribution in [2.24, 2.45) is 0 Å². The highest BCUT2D eigenvalue weighted by Crippen LogP contribution is 2.16. The summed E-state index contributed by atoms with van der Waals surface area (Å²) in [6.45, 7) is 7.42. The fraction of sp³-hybridized carbons (Fsp3) is 0.474. The summed E-state index contributed by atoms with van der Waals surface area (Å²) in [6, 6.07) is 5.82. The van der Waals surface area contributed by atoms with Crippen LogP contribution in [-0.4, -0.2) is 27.3 Å². The van der Waals surface area contributed by atoms with Crippen LogP contribution in [0.3, 0.4) is 0 Å². The van der Waals surface area contributed by atoms with Gasteiger partial charge in [0.15, 0.2) is 0 Å². The van der Waals surface area contributed by atoms with Crippen LogP contribution in [0.2, 0.25) is 0 Å². The lowest BCUT2D eigenvalue weighted by Crippen LogP contribution is -2.23. The Balaban J connectivity index is 1.86. The largest absolute Gasteiger partial charge is 0.478 e. The number of amides is 1. The Morgan fingerprint density at radius 3 is 2.96 bits per heavy atom. The van der Waals surface area contributed by atoms with Crippen LogP contribution in [0.5, 0.6) is 5.88 Å². The van der Waals surface area contributed by atoms with E-state index in [-0.39, 0.29) is 5.91 Å². The molecule has 1 amide bonds. The summed E-state index contributed by atoms with van der Waals surface area (Å²) in [6.07, 6.45) is 3.14. The monoisotopic (exact) mass is 355 g/mol. The van der Waals surface area contributed by atoms with E-state index in [9.17, 15) is 4.79 Å². The summed E-state index contributed by atoms with van der Waals surface area (Å²) in [7, 11) is 0. The second-order valence-electron chi connectivity index (χ2n) is 5.99. The molecular formula is C19H25N5O2. The summed E-state index contributed by atoms with van der Waals surface area (Å²) >= 11 is 0. The third kappa shape index (κ3) is 5.31. The SMILES string of the molecule is CCOc1cc(CNC(=O)CCc2c(C)nn(CCC#N)c2C)ccn1.